The van der Waals surface area contributed by atoms with Crippen molar-refractivity contribution in [2.24, 2.45) is 0 Å². The molecule has 2 heterocycles. The summed E-state index contributed by atoms with van der Waals surface area (Å²) in [5.41, 5.74) is 3.54. The third-order valence-electron chi connectivity index (χ3n) is 8.80. The minimum atomic E-state index is -0.426. The molecular formula is C37H41ClFN3O8. The number of nitrogens with one attached hydrogen (secondary N) is 1. The standard InChI is InChI=1S/C36H39ClFN3O6.CH2O2/c1-22(42)40-20-26-17-31(24-4-9-28(10-5-24)46-12-13-47-34-16-25(38)6-11-32(34)37)35(33(21-40)39-26)36(43)41(27-7-8-27)19-23-14-29(44-2)18-30(15-23)45-3;2-1-3/h4-6,9-11,14-16,18,26-27,33,39H,7-8,12-13,17,19-21H2,1-3H3;1H,(H,2,3). The summed E-state index contributed by atoms with van der Waals surface area (Å²) in [4.78, 5) is 39.2. The number of piperazine rings is 1. The number of carbonyl (C=O) groups is 3. The Morgan fingerprint density at radius 1 is 0.980 bits per heavy atom. The molecule has 1 saturated heterocycles. The van der Waals surface area contributed by atoms with Gasteiger partial charge in [-0.2, -0.15) is 0 Å². The van der Waals surface area contributed by atoms with E-state index >= 15 is 0 Å². The van der Waals surface area contributed by atoms with Crippen LogP contribution >= 0.6 is 11.6 Å². The molecule has 3 aliphatic rings. The number of methoxy groups -OCH3 is 2. The first kappa shape index (κ1) is 36.5. The summed E-state index contributed by atoms with van der Waals surface area (Å²) >= 11 is 6.08. The van der Waals surface area contributed by atoms with E-state index in [4.69, 9.17) is 40.4 Å². The van der Waals surface area contributed by atoms with Crippen LogP contribution < -0.4 is 24.3 Å². The summed E-state index contributed by atoms with van der Waals surface area (Å²) in [5.74, 6) is 1.79. The number of amides is 2. The lowest BCUT2D eigenvalue weighted by molar-refractivity contribution is -0.132. The number of rotatable bonds is 12. The Bertz CT molecular complexity index is 1690. The highest BCUT2D eigenvalue weighted by molar-refractivity contribution is 6.32. The Morgan fingerprint density at radius 3 is 2.26 bits per heavy atom. The van der Waals surface area contributed by atoms with Crippen LogP contribution in [0.2, 0.25) is 5.02 Å². The molecule has 2 aliphatic heterocycles. The number of carboxylic acid groups (broad SMARTS) is 1. The number of halogens is 2. The summed E-state index contributed by atoms with van der Waals surface area (Å²) in [5, 5.41) is 10.9. The maximum atomic E-state index is 14.6. The molecule has 2 fully saturated rings. The maximum Gasteiger partial charge on any atom is 0.290 e. The molecule has 2 bridgehead atoms. The Balaban J connectivity index is 0.00000156. The summed E-state index contributed by atoms with van der Waals surface area (Å²) in [6.45, 7) is 3.18. The van der Waals surface area contributed by atoms with Crippen LogP contribution in [-0.2, 0) is 20.9 Å². The van der Waals surface area contributed by atoms with E-state index in [1.54, 1.807) is 21.1 Å². The van der Waals surface area contributed by atoms with E-state index in [1.165, 1.54) is 18.2 Å². The number of benzene rings is 3. The molecule has 1 aliphatic carbocycles. The maximum absolute atomic E-state index is 14.6. The highest BCUT2D eigenvalue weighted by atomic mass is 35.5. The molecule has 0 spiro atoms. The van der Waals surface area contributed by atoms with Crippen LogP contribution in [0.1, 0.15) is 37.3 Å². The van der Waals surface area contributed by atoms with E-state index in [1.807, 2.05) is 52.3 Å². The van der Waals surface area contributed by atoms with Crippen molar-refractivity contribution in [1.82, 2.24) is 15.1 Å². The van der Waals surface area contributed by atoms with Gasteiger partial charge >= 0.3 is 0 Å². The fourth-order valence-corrected chi connectivity index (χ4v) is 6.51. The second kappa shape index (κ2) is 16.7. The Morgan fingerprint density at radius 2 is 1.64 bits per heavy atom. The lowest BCUT2D eigenvalue weighted by atomic mass is 9.82. The van der Waals surface area contributed by atoms with Gasteiger partial charge in [0.05, 0.1) is 25.3 Å². The van der Waals surface area contributed by atoms with Crippen LogP contribution in [0.3, 0.4) is 0 Å². The van der Waals surface area contributed by atoms with Crippen molar-refractivity contribution in [2.75, 3.05) is 40.5 Å². The van der Waals surface area contributed by atoms with Gasteiger partial charge in [-0.3, -0.25) is 14.4 Å². The van der Waals surface area contributed by atoms with E-state index in [9.17, 15) is 14.0 Å². The number of fused-ring (bicyclic) bond motifs is 2. The molecule has 0 radical (unpaired) electrons. The van der Waals surface area contributed by atoms with Crippen molar-refractivity contribution < 1.29 is 42.8 Å². The summed E-state index contributed by atoms with van der Waals surface area (Å²) < 4.78 is 36.0. The molecule has 2 atom stereocenters. The van der Waals surface area contributed by atoms with Gasteiger partial charge in [-0.15, -0.1) is 0 Å². The lowest BCUT2D eigenvalue weighted by Crippen LogP contribution is -2.61. The minimum absolute atomic E-state index is 0.00410. The van der Waals surface area contributed by atoms with Crippen LogP contribution in [0.15, 0.2) is 66.2 Å². The van der Waals surface area contributed by atoms with Gasteiger partial charge in [0, 0.05) is 56.3 Å². The fraction of sp³-hybridized carbons (Fsp3) is 0.378. The molecule has 0 aromatic heterocycles. The number of nitrogens with zero attached hydrogens (tertiary/aromatic N) is 2. The van der Waals surface area contributed by atoms with Crippen LogP contribution in [0.25, 0.3) is 5.57 Å². The van der Waals surface area contributed by atoms with E-state index in [0.717, 1.165) is 29.5 Å². The largest absolute Gasteiger partial charge is 0.497 e. The first-order valence-electron chi connectivity index (χ1n) is 16.3. The first-order chi connectivity index (χ1) is 24.1. The van der Waals surface area contributed by atoms with Crippen molar-refractivity contribution in [1.29, 1.82) is 0 Å². The van der Waals surface area contributed by atoms with Gasteiger partial charge in [-0.25, -0.2) is 4.39 Å². The van der Waals surface area contributed by atoms with Crippen LogP contribution in [0.4, 0.5) is 4.39 Å². The molecule has 2 unspecified atom stereocenters. The smallest absolute Gasteiger partial charge is 0.290 e. The highest BCUT2D eigenvalue weighted by Crippen LogP contribution is 2.38. The van der Waals surface area contributed by atoms with Crippen molar-refractivity contribution in [3.05, 3.63) is 88.2 Å². The van der Waals surface area contributed by atoms with E-state index in [0.29, 0.717) is 53.9 Å². The molecule has 266 valence electrons. The van der Waals surface area contributed by atoms with Crippen molar-refractivity contribution >= 4 is 35.5 Å². The number of carbonyl (C=O) groups excluding carboxylic acids is 2. The van der Waals surface area contributed by atoms with Gasteiger partial charge in [0.25, 0.3) is 12.4 Å². The monoisotopic (exact) mass is 709 g/mol. The van der Waals surface area contributed by atoms with Crippen molar-refractivity contribution in [3.63, 3.8) is 0 Å². The fourth-order valence-electron chi connectivity index (χ4n) is 6.34. The van der Waals surface area contributed by atoms with Gasteiger partial charge in [0.2, 0.25) is 5.91 Å². The molecule has 2 N–H and O–H groups in total. The highest BCUT2D eigenvalue weighted by Gasteiger charge is 2.43. The lowest BCUT2D eigenvalue weighted by Gasteiger charge is -2.44. The average Bonchev–Trinajstić information content (AvgIpc) is 3.96. The number of hydrogen-bond acceptors (Lipinski definition) is 8. The number of ether oxygens (including phenoxy) is 4. The number of hydrogen-bond donors (Lipinski definition) is 2. The Labute approximate surface area is 295 Å². The van der Waals surface area contributed by atoms with E-state index in [-0.39, 0.29) is 55.4 Å². The van der Waals surface area contributed by atoms with Gasteiger partial charge in [0.1, 0.15) is 42.0 Å². The third-order valence-corrected chi connectivity index (χ3v) is 9.11. The van der Waals surface area contributed by atoms with Gasteiger partial charge < -0.3 is 39.2 Å². The summed E-state index contributed by atoms with van der Waals surface area (Å²) in [7, 11) is 3.22. The molecule has 3 aromatic rings. The van der Waals surface area contributed by atoms with Gasteiger partial charge in [0.15, 0.2) is 0 Å². The third kappa shape index (κ3) is 9.05. The normalized spacial score (nSPS) is 18.0. The zero-order valence-electron chi connectivity index (χ0n) is 28.2. The van der Waals surface area contributed by atoms with Crippen molar-refractivity contribution in [2.45, 2.75) is 50.9 Å². The predicted molar refractivity (Wildman–Crippen MR) is 185 cm³/mol. The SMILES string of the molecule is COc1cc(CN(C(=O)C2=C(c3ccc(OCCOc4cc(F)ccc4Cl)cc3)CC3CN(C(C)=O)CC2N3)C2CC2)cc(OC)c1.O=CO. The Hall–Kier alpha value is -4.81. The predicted octanol–water partition coefficient (Wildman–Crippen LogP) is 5.19. The molecule has 13 heteroatoms. The summed E-state index contributed by atoms with van der Waals surface area (Å²) in [6, 6.07) is 17.2. The second-order valence-corrected chi connectivity index (χ2v) is 12.6. The summed E-state index contributed by atoms with van der Waals surface area (Å²) in [6.07, 6.45) is 2.49. The average molecular weight is 710 g/mol. The van der Waals surface area contributed by atoms with Crippen LogP contribution in [-0.4, -0.2) is 91.8 Å². The molecule has 50 heavy (non-hydrogen) atoms. The van der Waals surface area contributed by atoms with Crippen LogP contribution in [0, 0.1) is 5.82 Å². The van der Waals surface area contributed by atoms with Crippen LogP contribution in [0.5, 0.6) is 23.0 Å². The molecule has 6 rings (SSSR count). The van der Waals surface area contributed by atoms with E-state index in [2.05, 4.69) is 5.32 Å². The minimum Gasteiger partial charge on any atom is -0.497 e. The first-order valence-corrected chi connectivity index (χ1v) is 16.7. The molecule has 3 aromatic carbocycles. The van der Waals surface area contributed by atoms with Gasteiger partial charge in [-0.05, 0) is 72.4 Å². The Kier molecular flexibility index (Phi) is 12.2. The molecular weight excluding hydrogens is 669 g/mol. The topological polar surface area (TPSA) is 127 Å². The zero-order valence-corrected chi connectivity index (χ0v) is 29.0. The van der Waals surface area contributed by atoms with E-state index < -0.39 is 5.82 Å². The molecule has 2 amide bonds. The zero-order chi connectivity index (χ0) is 35.8. The second-order valence-electron chi connectivity index (χ2n) is 12.2. The molecule has 1 saturated carbocycles. The van der Waals surface area contributed by atoms with Crippen molar-refractivity contribution in [3.8, 4) is 23.0 Å². The quantitative estimate of drug-likeness (QED) is 0.193. The molecule has 11 nitrogen and oxygen atoms in total. The van der Waals surface area contributed by atoms with Gasteiger partial charge in [-0.1, -0.05) is 23.7 Å².